The Kier molecular flexibility index (Phi) is 6.31. The third-order valence-corrected chi connectivity index (χ3v) is 3.25. The number of hydrogen-bond donors (Lipinski definition) is 3. The van der Waals surface area contributed by atoms with Crippen LogP contribution in [0.15, 0.2) is 73.1 Å². The Bertz CT molecular complexity index is 780. The number of nitrogens with two attached hydrogens (primary N) is 2. The zero-order valence-corrected chi connectivity index (χ0v) is 13.5. The fourth-order valence-electron chi connectivity index (χ4n) is 1.90. The zero-order valence-electron chi connectivity index (χ0n) is 13.5. The lowest BCUT2D eigenvalue weighted by atomic mass is 10.1. The van der Waals surface area contributed by atoms with Crippen molar-refractivity contribution >= 4 is 29.5 Å². The molecule has 5 N–H and O–H groups in total. The van der Waals surface area contributed by atoms with Gasteiger partial charge in [0.25, 0.3) is 0 Å². The van der Waals surface area contributed by atoms with Crippen LogP contribution >= 0.6 is 0 Å². The van der Waals surface area contributed by atoms with Gasteiger partial charge in [0.05, 0.1) is 5.56 Å². The summed E-state index contributed by atoms with van der Waals surface area (Å²) in [6, 6.07) is 18.6. The summed E-state index contributed by atoms with van der Waals surface area (Å²) in [6.07, 6.45) is 6.94. The second-order valence-corrected chi connectivity index (χ2v) is 5.21. The smallest absolute Gasteiger partial charge is 0.337 e. The van der Waals surface area contributed by atoms with E-state index in [1.807, 2.05) is 60.7 Å². The van der Waals surface area contributed by atoms with Crippen LogP contribution in [0, 0.1) is 0 Å². The molecule has 0 unspecified atom stereocenters. The molecule has 0 bridgehead atoms. The van der Waals surface area contributed by atoms with Gasteiger partial charge in [-0.2, -0.15) is 0 Å². The number of nitrogen functional groups attached to an aromatic ring is 2. The summed E-state index contributed by atoms with van der Waals surface area (Å²) in [5.41, 5.74) is 15.3. The highest BCUT2D eigenvalue weighted by molar-refractivity contribution is 5.86. The van der Waals surface area contributed by atoms with E-state index in [9.17, 15) is 4.79 Å². The van der Waals surface area contributed by atoms with Crippen molar-refractivity contribution in [1.29, 1.82) is 0 Å². The van der Waals surface area contributed by atoms with Crippen molar-refractivity contribution in [2.24, 2.45) is 0 Å². The lowest BCUT2D eigenvalue weighted by Crippen LogP contribution is -1.94. The monoisotopic (exact) mass is 333 g/mol. The van der Waals surface area contributed by atoms with Gasteiger partial charge in [-0.15, -0.1) is 0 Å². The highest BCUT2D eigenvalue weighted by Crippen LogP contribution is 2.11. The number of carboxylic acids is 1. The van der Waals surface area contributed by atoms with Crippen LogP contribution in [0.25, 0.3) is 12.2 Å². The van der Waals surface area contributed by atoms with E-state index in [0.717, 1.165) is 22.5 Å². The summed E-state index contributed by atoms with van der Waals surface area (Å²) in [4.78, 5) is 13.8. The van der Waals surface area contributed by atoms with Crippen molar-refractivity contribution in [2.45, 2.75) is 0 Å². The lowest BCUT2D eigenvalue weighted by molar-refractivity contribution is 0.0696. The normalized spacial score (nSPS) is 10.1. The van der Waals surface area contributed by atoms with E-state index in [2.05, 4.69) is 4.98 Å². The maximum atomic E-state index is 10.2. The lowest BCUT2D eigenvalue weighted by Gasteiger charge is -1.96. The summed E-state index contributed by atoms with van der Waals surface area (Å²) in [7, 11) is 0. The van der Waals surface area contributed by atoms with Crippen molar-refractivity contribution < 1.29 is 9.90 Å². The van der Waals surface area contributed by atoms with Gasteiger partial charge in [-0.05, 0) is 47.5 Å². The molecule has 0 radical (unpaired) electrons. The van der Waals surface area contributed by atoms with Gasteiger partial charge >= 0.3 is 5.97 Å². The molecule has 1 heterocycles. The maximum absolute atomic E-state index is 10.2. The third kappa shape index (κ3) is 6.19. The molecule has 0 spiro atoms. The van der Waals surface area contributed by atoms with Crippen molar-refractivity contribution in [3.05, 3.63) is 89.7 Å². The Labute approximate surface area is 146 Å². The van der Waals surface area contributed by atoms with Crippen LogP contribution in [0.3, 0.4) is 0 Å². The van der Waals surface area contributed by atoms with E-state index in [-0.39, 0.29) is 5.56 Å². The average Bonchev–Trinajstić information content (AvgIpc) is 2.64. The van der Waals surface area contributed by atoms with Gasteiger partial charge in [0, 0.05) is 23.8 Å². The number of carboxylic acid groups (broad SMARTS) is 1. The molecular weight excluding hydrogens is 314 g/mol. The third-order valence-electron chi connectivity index (χ3n) is 3.25. The van der Waals surface area contributed by atoms with Crippen molar-refractivity contribution in [3.63, 3.8) is 0 Å². The molecular formula is C20H19N3O2. The Morgan fingerprint density at radius 3 is 1.64 bits per heavy atom. The largest absolute Gasteiger partial charge is 0.478 e. The molecule has 5 nitrogen and oxygen atoms in total. The quantitative estimate of drug-likeness (QED) is 0.500. The number of aromatic carboxylic acids is 1. The van der Waals surface area contributed by atoms with Gasteiger partial charge < -0.3 is 16.6 Å². The summed E-state index contributed by atoms with van der Waals surface area (Å²) in [6.45, 7) is 0. The molecule has 5 heteroatoms. The van der Waals surface area contributed by atoms with Crippen LogP contribution in [0.4, 0.5) is 11.4 Å². The number of nitrogens with zero attached hydrogens (tertiary/aromatic N) is 1. The molecule has 1 aromatic heterocycles. The highest BCUT2D eigenvalue weighted by atomic mass is 16.4. The van der Waals surface area contributed by atoms with Crippen molar-refractivity contribution in [2.75, 3.05) is 11.5 Å². The van der Waals surface area contributed by atoms with Gasteiger partial charge in [-0.1, -0.05) is 36.4 Å². The van der Waals surface area contributed by atoms with E-state index < -0.39 is 5.97 Å². The Morgan fingerprint density at radius 2 is 1.32 bits per heavy atom. The number of aromatic nitrogens is 1. The highest BCUT2D eigenvalue weighted by Gasteiger charge is 1.97. The van der Waals surface area contributed by atoms with Crippen LogP contribution in [0.2, 0.25) is 0 Å². The molecule has 0 saturated carbocycles. The minimum absolute atomic E-state index is 0.220. The molecule has 0 amide bonds. The standard InChI is InChI=1S/C14H14N2.C6H5NO2/c15-13-7-3-11(4-8-13)1-2-12-5-9-14(16)10-6-12;8-6(9)5-2-1-3-7-4-5/h1-10H,15-16H2;1-4H,(H,8,9). The van der Waals surface area contributed by atoms with Gasteiger partial charge in [0.2, 0.25) is 0 Å². The molecule has 0 saturated heterocycles. The first-order valence-corrected chi connectivity index (χ1v) is 7.57. The van der Waals surface area contributed by atoms with E-state index in [0.29, 0.717) is 0 Å². The van der Waals surface area contributed by atoms with Crippen LogP contribution in [-0.4, -0.2) is 16.1 Å². The summed E-state index contributed by atoms with van der Waals surface area (Å²) in [5.74, 6) is -0.942. The average molecular weight is 333 g/mol. The van der Waals surface area contributed by atoms with Crippen molar-refractivity contribution in [3.8, 4) is 0 Å². The second kappa shape index (κ2) is 8.88. The van der Waals surface area contributed by atoms with Gasteiger partial charge in [-0.3, -0.25) is 4.98 Å². The van der Waals surface area contributed by atoms with Gasteiger partial charge in [0.15, 0.2) is 0 Å². The molecule has 0 aliphatic carbocycles. The first-order valence-electron chi connectivity index (χ1n) is 7.57. The van der Waals surface area contributed by atoms with E-state index in [4.69, 9.17) is 16.6 Å². The number of benzene rings is 2. The number of anilines is 2. The number of rotatable bonds is 3. The molecule has 0 aliphatic heterocycles. The van der Waals surface area contributed by atoms with Gasteiger partial charge in [-0.25, -0.2) is 4.79 Å². The molecule has 3 rings (SSSR count). The number of carbonyl (C=O) groups is 1. The summed E-state index contributed by atoms with van der Waals surface area (Å²) < 4.78 is 0. The molecule has 126 valence electrons. The zero-order chi connectivity index (χ0) is 18.1. The number of hydrogen-bond acceptors (Lipinski definition) is 4. The van der Waals surface area contributed by atoms with Crippen LogP contribution < -0.4 is 11.5 Å². The minimum atomic E-state index is -0.942. The minimum Gasteiger partial charge on any atom is -0.478 e. The first kappa shape index (κ1) is 17.7. The molecule has 0 atom stereocenters. The SMILES string of the molecule is Nc1ccc(C=Cc2ccc(N)cc2)cc1.O=C(O)c1cccnc1. The van der Waals surface area contributed by atoms with Gasteiger partial charge in [0.1, 0.15) is 0 Å². The maximum Gasteiger partial charge on any atom is 0.337 e. The second-order valence-electron chi connectivity index (χ2n) is 5.21. The van der Waals surface area contributed by atoms with Crippen LogP contribution in [-0.2, 0) is 0 Å². The fourth-order valence-corrected chi connectivity index (χ4v) is 1.90. The Hall–Kier alpha value is -3.60. The molecule has 0 fully saturated rings. The molecule has 3 aromatic rings. The first-order chi connectivity index (χ1) is 12.0. The van der Waals surface area contributed by atoms with Crippen molar-refractivity contribution in [1.82, 2.24) is 4.98 Å². The summed E-state index contributed by atoms with van der Waals surface area (Å²) >= 11 is 0. The predicted molar refractivity (Wildman–Crippen MR) is 102 cm³/mol. The predicted octanol–water partition coefficient (Wildman–Crippen LogP) is 3.80. The Balaban J connectivity index is 0.000000212. The Morgan fingerprint density at radius 1 is 0.840 bits per heavy atom. The summed E-state index contributed by atoms with van der Waals surface area (Å²) in [5, 5.41) is 8.34. The molecule has 0 aliphatic rings. The van der Waals surface area contributed by atoms with Crippen LogP contribution in [0.5, 0.6) is 0 Å². The fraction of sp³-hybridized carbons (Fsp3) is 0. The molecule has 25 heavy (non-hydrogen) atoms. The van der Waals surface area contributed by atoms with Crippen LogP contribution in [0.1, 0.15) is 21.5 Å². The number of pyridine rings is 1. The van der Waals surface area contributed by atoms with E-state index >= 15 is 0 Å². The molecule has 2 aromatic carbocycles. The van der Waals surface area contributed by atoms with E-state index in [1.165, 1.54) is 18.5 Å². The van der Waals surface area contributed by atoms with E-state index in [1.54, 1.807) is 6.07 Å². The topological polar surface area (TPSA) is 102 Å².